The van der Waals surface area contributed by atoms with Gasteiger partial charge in [-0.3, -0.25) is 9.69 Å². The number of hydrogen-bond donors (Lipinski definition) is 2. The summed E-state index contributed by atoms with van der Waals surface area (Å²) in [4.78, 5) is 16.7. The van der Waals surface area contributed by atoms with Gasteiger partial charge in [0.05, 0.1) is 0 Å². The number of amides is 1. The van der Waals surface area contributed by atoms with Gasteiger partial charge in [0.1, 0.15) is 0 Å². The van der Waals surface area contributed by atoms with Crippen LogP contribution in [0.5, 0.6) is 0 Å². The Morgan fingerprint density at radius 2 is 1.85 bits per heavy atom. The molecule has 0 aromatic rings. The van der Waals surface area contributed by atoms with Crippen molar-refractivity contribution in [2.45, 2.75) is 39.2 Å². The summed E-state index contributed by atoms with van der Waals surface area (Å²) in [5, 5.41) is 3.10. The summed E-state index contributed by atoms with van der Waals surface area (Å²) in [7, 11) is 2.17. The highest BCUT2D eigenvalue weighted by atomic mass is 16.1. The molecule has 1 atom stereocenters. The first-order chi connectivity index (χ1) is 9.54. The Labute approximate surface area is 123 Å². The van der Waals surface area contributed by atoms with Gasteiger partial charge in [-0.25, -0.2) is 0 Å². The van der Waals surface area contributed by atoms with Crippen LogP contribution in [0.25, 0.3) is 0 Å². The largest absolute Gasteiger partial charge is 0.355 e. The van der Waals surface area contributed by atoms with Crippen molar-refractivity contribution in [1.82, 2.24) is 15.1 Å². The van der Waals surface area contributed by atoms with Gasteiger partial charge >= 0.3 is 0 Å². The van der Waals surface area contributed by atoms with Gasteiger partial charge in [-0.1, -0.05) is 13.8 Å². The second kappa shape index (κ2) is 9.32. The second-order valence-electron chi connectivity index (χ2n) is 6.20. The molecule has 5 nitrogen and oxygen atoms in total. The molecule has 1 unspecified atom stereocenters. The lowest BCUT2D eigenvalue weighted by Crippen LogP contribution is -2.54. The number of unbranched alkanes of at least 4 members (excludes halogenated alkanes) is 1. The first-order valence-electron chi connectivity index (χ1n) is 7.94. The zero-order valence-electron chi connectivity index (χ0n) is 13.4. The second-order valence-corrected chi connectivity index (χ2v) is 6.20. The van der Waals surface area contributed by atoms with Gasteiger partial charge in [-0.05, 0) is 32.4 Å². The molecule has 1 rings (SSSR count). The molecule has 1 aliphatic heterocycles. The third-order valence-electron chi connectivity index (χ3n) is 4.14. The smallest absolute Gasteiger partial charge is 0.220 e. The van der Waals surface area contributed by atoms with E-state index in [9.17, 15) is 4.79 Å². The minimum absolute atomic E-state index is 0.165. The van der Waals surface area contributed by atoms with Crippen LogP contribution >= 0.6 is 0 Å². The molecular formula is C15H32N4O. The maximum atomic E-state index is 11.8. The summed E-state index contributed by atoms with van der Waals surface area (Å²) in [5.41, 5.74) is 5.44. The van der Waals surface area contributed by atoms with Crippen LogP contribution in [0.3, 0.4) is 0 Å². The molecule has 20 heavy (non-hydrogen) atoms. The molecule has 1 amide bonds. The number of carbonyl (C=O) groups excluding carboxylic acids is 1. The van der Waals surface area contributed by atoms with E-state index in [4.69, 9.17) is 5.73 Å². The molecule has 0 radical (unpaired) electrons. The lowest BCUT2D eigenvalue weighted by Gasteiger charge is -2.39. The number of hydrogen-bond acceptors (Lipinski definition) is 4. The molecule has 1 heterocycles. The number of nitrogens with zero attached hydrogens (tertiary/aromatic N) is 2. The summed E-state index contributed by atoms with van der Waals surface area (Å²) in [6, 6.07) is 0.446. The number of rotatable bonds is 8. The van der Waals surface area contributed by atoms with Crippen LogP contribution in [0.1, 0.15) is 33.1 Å². The number of nitrogens with one attached hydrogen (secondary N) is 1. The van der Waals surface area contributed by atoms with Crippen molar-refractivity contribution in [2.75, 3.05) is 46.3 Å². The third-order valence-corrected chi connectivity index (χ3v) is 4.14. The molecule has 0 aromatic carbocycles. The van der Waals surface area contributed by atoms with Crippen molar-refractivity contribution in [3.63, 3.8) is 0 Å². The lowest BCUT2D eigenvalue weighted by molar-refractivity contribution is -0.121. The van der Waals surface area contributed by atoms with Crippen LogP contribution in [-0.4, -0.2) is 68.1 Å². The zero-order chi connectivity index (χ0) is 15.0. The summed E-state index contributed by atoms with van der Waals surface area (Å²) < 4.78 is 0. The summed E-state index contributed by atoms with van der Waals surface area (Å²) >= 11 is 0. The van der Waals surface area contributed by atoms with E-state index in [0.717, 1.165) is 45.6 Å². The van der Waals surface area contributed by atoms with E-state index in [-0.39, 0.29) is 5.91 Å². The van der Waals surface area contributed by atoms with Gasteiger partial charge in [0.2, 0.25) is 5.91 Å². The molecule has 0 aromatic heterocycles. The normalized spacial score (nSPS) is 19.2. The van der Waals surface area contributed by atoms with Crippen LogP contribution in [0.4, 0.5) is 0 Å². The van der Waals surface area contributed by atoms with Gasteiger partial charge < -0.3 is 16.0 Å². The Kier molecular flexibility index (Phi) is 8.11. The van der Waals surface area contributed by atoms with E-state index in [1.807, 2.05) is 0 Å². The third kappa shape index (κ3) is 6.20. The standard InChI is InChI=1S/C15H32N4O/c1-13(2)14(19-10-8-18(3)9-11-19)12-17-15(20)6-4-5-7-16/h13-14H,4-12,16H2,1-3H3,(H,17,20). The number of likely N-dealkylation sites (N-methyl/N-ethyl adjacent to an activating group) is 1. The van der Waals surface area contributed by atoms with Crippen LogP contribution in [-0.2, 0) is 4.79 Å². The monoisotopic (exact) mass is 284 g/mol. The van der Waals surface area contributed by atoms with Crippen molar-refractivity contribution < 1.29 is 4.79 Å². The molecule has 1 fully saturated rings. The van der Waals surface area contributed by atoms with Crippen molar-refractivity contribution >= 4 is 5.91 Å². The Bertz CT molecular complexity index is 275. The number of carbonyl (C=O) groups is 1. The molecule has 118 valence electrons. The first kappa shape index (κ1) is 17.4. The van der Waals surface area contributed by atoms with E-state index in [1.54, 1.807) is 0 Å². The predicted octanol–water partition coefficient (Wildman–Crippen LogP) is 0.504. The highest BCUT2D eigenvalue weighted by molar-refractivity contribution is 5.75. The molecule has 0 bridgehead atoms. The molecule has 5 heteroatoms. The quantitative estimate of drug-likeness (QED) is 0.637. The fourth-order valence-corrected chi connectivity index (χ4v) is 2.68. The van der Waals surface area contributed by atoms with Gasteiger partial charge in [0, 0.05) is 45.2 Å². The van der Waals surface area contributed by atoms with Crippen LogP contribution in [0.15, 0.2) is 0 Å². The maximum Gasteiger partial charge on any atom is 0.220 e. The lowest BCUT2D eigenvalue weighted by atomic mass is 10.0. The van der Waals surface area contributed by atoms with E-state index in [0.29, 0.717) is 24.9 Å². The van der Waals surface area contributed by atoms with E-state index in [1.165, 1.54) is 0 Å². The van der Waals surface area contributed by atoms with E-state index < -0.39 is 0 Å². The fourth-order valence-electron chi connectivity index (χ4n) is 2.68. The Hall–Kier alpha value is -0.650. The number of nitrogens with two attached hydrogens (primary N) is 1. The molecular weight excluding hydrogens is 252 g/mol. The maximum absolute atomic E-state index is 11.8. The summed E-state index contributed by atoms with van der Waals surface area (Å²) in [5.74, 6) is 0.723. The van der Waals surface area contributed by atoms with Gasteiger partial charge in [0.15, 0.2) is 0 Å². The van der Waals surface area contributed by atoms with Crippen molar-refractivity contribution in [2.24, 2.45) is 11.7 Å². The van der Waals surface area contributed by atoms with Gasteiger partial charge in [0.25, 0.3) is 0 Å². The first-order valence-corrected chi connectivity index (χ1v) is 7.94. The minimum atomic E-state index is 0.165. The van der Waals surface area contributed by atoms with Crippen LogP contribution in [0, 0.1) is 5.92 Å². The zero-order valence-corrected chi connectivity index (χ0v) is 13.4. The number of piperazine rings is 1. The average molecular weight is 284 g/mol. The SMILES string of the molecule is CC(C)C(CNC(=O)CCCCN)N1CCN(C)CC1. The van der Waals surface area contributed by atoms with Crippen LogP contribution in [0.2, 0.25) is 0 Å². The Morgan fingerprint density at radius 1 is 1.20 bits per heavy atom. The molecule has 0 saturated carbocycles. The molecule has 0 spiro atoms. The minimum Gasteiger partial charge on any atom is -0.355 e. The van der Waals surface area contributed by atoms with Crippen molar-refractivity contribution in [1.29, 1.82) is 0 Å². The summed E-state index contributed by atoms with van der Waals surface area (Å²) in [6.45, 7) is 10.4. The highest BCUT2D eigenvalue weighted by Crippen LogP contribution is 2.13. The van der Waals surface area contributed by atoms with Gasteiger partial charge in [-0.2, -0.15) is 0 Å². The van der Waals surface area contributed by atoms with E-state index >= 15 is 0 Å². The van der Waals surface area contributed by atoms with Crippen molar-refractivity contribution in [3.05, 3.63) is 0 Å². The van der Waals surface area contributed by atoms with Crippen LogP contribution < -0.4 is 11.1 Å². The topological polar surface area (TPSA) is 61.6 Å². The Balaban J connectivity index is 2.33. The molecule has 3 N–H and O–H groups in total. The predicted molar refractivity (Wildman–Crippen MR) is 83.6 cm³/mol. The van der Waals surface area contributed by atoms with E-state index in [2.05, 4.69) is 36.0 Å². The molecule has 1 saturated heterocycles. The average Bonchev–Trinajstić information content (AvgIpc) is 2.41. The van der Waals surface area contributed by atoms with Crippen molar-refractivity contribution in [3.8, 4) is 0 Å². The highest BCUT2D eigenvalue weighted by Gasteiger charge is 2.25. The summed E-state index contributed by atoms with van der Waals surface area (Å²) in [6.07, 6.45) is 2.42. The molecule has 1 aliphatic rings. The fraction of sp³-hybridized carbons (Fsp3) is 0.933. The molecule has 0 aliphatic carbocycles. The Morgan fingerprint density at radius 3 is 2.40 bits per heavy atom. The van der Waals surface area contributed by atoms with Gasteiger partial charge in [-0.15, -0.1) is 0 Å².